The van der Waals surface area contributed by atoms with Crippen LogP contribution in [-0.2, 0) is 6.54 Å². The average Bonchev–Trinajstić information content (AvgIpc) is 3.16. The summed E-state index contributed by atoms with van der Waals surface area (Å²) in [6.45, 7) is 0.657. The monoisotopic (exact) mass is 280 g/mol. The normalized spacial score (nSPS) is 11.3. The lowest BCUT2D eigenvalue weighted by Gasteiger charge is -2.05. The maximum Gasteiger partial charge on any atom is 0.123 e. The molecule has 4 rings (SSSR count). The minimum absolute atomic E-state index is 0.220. The summed E-state index contributed by atoms with van der Waals surface area (Å²) in [6.07, 6.45) is 5.51. The van der Waals surface area contributed by atoms with E-state index in [1.165, 1.54) is 12.1 Å². The highest BCUT2D eigenvalue weighted by Gasteiger charge is 2.08. The maximum atomic E-state index is 13.2. The van der Waals surface area contributed by atoms with Crippen LogP contribution in [-0.4, -0.2) is 19.5 Å². The van der Waals surface area contributed by atoms with Crippen molar-refractivity contribution >= 4 is 10.9 Å². The zero-order valence-electron chi connectivity index (χ0n) is 11.2. The number of halogens is 1. The number of aromatic nitrogens is 4. The fraction of sp³-hybridized carbons (Fsp3) is 0.0625. The Labute approximate surface area is 120 Å². The van der Waals surface area contributed by atoms with Gasteiger partial charge in [0.1, 0.15) is 5.82 Å². The zero-order chi connectivity index (χ0) is 14.2. The molecule has 0 fully saturated rings. The van der Waals surface area contributed by atoms with Crippen molar-refractivity contribution in [1.82, 2.24) is 19.5 Å². The largest absolute Gasteiger partial charge is 0.360 e. The van der Waals surface area contributed by atoms with Gasteiger partial charge in [0.25, 0.3) is 0 Å². The van der Waals surface area contributed by atoms with Crippen LogP contribution in [0.1, 0.15) is 5.69 Å². The lowest BCUT2D eigenvalue weighted by atomic mass is 10.2. The first-order valence-electron chi connectivity index (χ1n) is 6.71. The summed E-state index contributed by atoms with van der Waals surface area (Å²) in [7, 11) is 0. The Balaban J connectivity index is 1.70. The van der Waals surface area contributed by atoms with E-state index in [0.717, 1.165) is 28.0 Å². The number of nitrogens with zero attached hydrogens (tertiary/aromatic N) is 2. The number of hydrogen-bond acceptors (Lipinski definition) is 1. The van der Waals surface area contributed by atoms with E-state index in [0.29, 0.717) is 6.54 Å². The Morgan fingerprint density at radius 2 is 2.14 bits per heavy atom. The SMILES string of the molecule is Fc1ccc2[nH]c(Cn3cncc3-c3ccc[nH]3)cc2c1. The van der Waals surface area contributed by atoms with Gasteiger partial charge in [-0.2, -0.15) is 0 Å². The van der Waals surface area contributed by atoms with Gasteiger partial charge >= 0.3 is 0 Å². The lowest BCUT2D eigenvalue weighted by Crippen LogP contribution is -2.00. The van der Waals surface area contributed by atoms with Crippen LogP contribution in [0.2, 0.25) is 0 Å². The fourth-order valence-corrected chi connectivity index (χ4v) is 2.59. The van der Waals surface area contributed by atoms with Crippen LogP contribution in [0, 0.1) is 5.82 Å². The van der Waals surface area contributed by atoms with Crippen LogP contribution in [0.3, 0.4) is 0 Å². The van der Waals surface area contributed by atoms with E-state index in [1.807, 2.05) is 35.2 Å². The molecule has 0 aliphatic rings. The molecule has 3 heterocycles. The second kappa shape index (κ2) is 4.63. The van der Waals surface area contributed by atoms with Crippen molar-refractivity contribution in [3.8, 4) is 11.4 Å². The quantitative estimate of drug-likeness (QED) is 0.592. The molecular formula is C16H13FN4. The molecule has 0 unspecified atom stereocenters. The smallest absolute Gasteiger partial charge is 0.123 e. The van der Waals surface area contributed by atoms with Gasteiger partial charge in [0, 0.05) is 22.8 Å². The van der Waals surface area contributed by atoms with E-state index in [9.17, 15) is 4.39 Å². The Bertz CT molecular complexity index is 886. The number of H-pyrrole nitrogens is 2. The Kier molecular flexibility index (Phi) is 2.64. The van der Waals surface area contributed by atoms with Crippen LogP contribution in [0.25, 0.3) is 22.3 Å². The Morgan fingerprint density at radius 3 is 3.00 bits per heavy atom. The van der Waals surface area contributed by atoms with Crippen LogP contribution >= 0.6 is 0 Å². The molecule has 0 amide bonds. The number of benzene rings is 1. The van der Waals surface area contributed by atoms with Gasteiger partial charge in [0.05, 0.1) is 30.5 Å². The summed E-state index contributed by atoms with van der Waals surface area (Å²) in [5, 5.41) is 0.881. The topological polar surface area (TPSA) is 49.4 Å². The van der Waals surface area contributed by atoms with Gasteiger partial charge in [0.15, 0.2) is 0 Å². The van der Waals surface area contributed by atoms with Crippen LogP contribution in [0.15, 0.2) is 55.1 Å². The predicted molar refractivity (Wildman–Crippen MR) is 79.4 cm³/mol. The van der Waals surface area contributed by atoms with E-state index >= 15 is 0 Å². The van der Waals surface area contributed by atoms with Gasteiger partial charge in [-0.1, -0.05) is 0 Å². The number of imidazole rings is 1. The van der Waals surface area contributed by atoms with E-state index in [1.54, 1.807) is 12.4 Å². The van der Waals surface area contributed by atoms with E-state index in [4.69, 9.17) is 0 Å². The molecule has 4 nitrogen and oxygen atoms in total. The van der Waals surface area contributed by atoms with Crippen LogP contribution in [0.5, 0.6) is 0 Å². The lowest BCUT2D eigenvalue weighted by molar-refractivity contribution is 0.630. The van der Waals surface area contributed by atoms with Crippen molar-refractivity contribution in [2.75, 3.05) is 0 Å². The highest BCUT2D eigenvalue weighted by Crippen LogP contribution is 2.20. The molecule has 0 aliphatic carbocycles. The predicted octanol–water partition coefficient (Wildman–Crippen LogP) is 3.55. The maximum absolute atomic E-state index is 13.2. The average molecular weight is 280 g/mol. The summed E-state index contributed by atoms with van der Waals surface area (Å²) in [5.41, 5.74) is 3.99. The summed E-state index contributed by atoms with van der Waals surface area (Å²) < 4.78 is 15.3. The van der Waals surface area contributed by atoms with Gasteiger partial charge < -0.3 is 14.5 Å². The molecule has 0 aliphatic heterocycles. The van der Waals surface area contributed by atoms with Crippen molar-refractivity contribution in [3.63, 3.8) is 0 Å². The number of aromatic amines is 2. The molecule has 0 bridgehead atoms. The van der Waals surface area contributed by atoms with Crippen LogP contribution in [0.4, 0.5) is 4.39 Å². The number of fused-ring (bicyclic) bond motifs is 1. The molecular weight excluding hydrogens is 267 g/mol. The standard InChI is InChI=1S/C16H13FN4/c17-12-3-4-14-11(6-12)7-13(20-14)9-21-10-18-8-16(21)15-2-1-5-19-15/h1-8,10,19-20H,9H2. The second-order valence-electron chi connectivity index (χ2n) is 5.02. The molecule has 4 aromatic rings. The fourth-order valence-electron chi connectivity index (χ4n) is 2.59. The minimum atomic E-state index is -0.220. The Hall–Kier alpha value is -2.82. The van der Waals surface area contributed by atoms with Gasteiger partial charge in [-0.25, -0.2) is 9.37 Å². The molecule has 21 heavy (non-hydrogen) atoms. The van der Waals surface area contributed by atoms with Crippen molar-refractivity contribution in [3.05, 3.63) is 66.6 Å². The highest BCUT2D eigenvalue weighted by molar-refractivity contribution is 5.80. The van der Waals surface area contributed by atoms with E-state index in [2.05, 4.69) is 15.0 Å². The minimum Gasteiger partial charge on any atom is -0.360 e. The summed E-state index contributed by atoms with van der Waals surface area (Å²) in [4.78, 5) is 10.7. The molecule has 0 atom stereocenters. The van der Waals surface area contributed by atoms with Crippen molar-refractivity contribution in [2.45, 2.75) is 6.54 Å². The molecule has 0 saturated carbocycles. The molecule has 0 saturated heterocycles. The van der Waals surface area contributed by atoms with Crippen molar-refractivity contribution in [1.29, 1.82) is 0 Å². The third kappa shape index (κ3) is 2.12. The van der Waals surface area contributed by atoms with E-state index in [-0.39, 0.29) is 5.82 Å². The summed E-state index contributed by atoms with van der Waals surface area (Å²) in [6, 6.07) is 10.7. The third-order valence-electron chi connectivity index (χ3n) is 3.57. The second-order valence-corrected chi connectivity index (χ2v) is 5.02. The number of rotatable bonds is 3. The molecule has 1 aromatic carbocycles. The van der Waals surface area contributed by atoms with Gasteiger partial charge in [-0.15, -0.1) is 0 Å². The molecule has 3 aromatic heterocycles. The molecule has 0 radical (unpaired) electrons. The van der Waals surface area contributed by atoms with E-state index < -0.39 is 0 Å². The van der Waals surface area contributed by atoms with Gasteiger partial charge in [-0.05, 0) is 36.4 Å². The Morgan fingerprint density at radius 1 is 1.19 bits per heavy atom. The highest BCUT2D eigenvalue weighted by atomic mass is 19.1. The molecule has 5 heteroatoms. The molecule has 2 N–H and O–H groups in total. The molecule has 104 valence electrons. The summed E-state index contributed by atoms with van der Waals surface area (Å²) in [5.74, 6) is -0.220. The summed E-state index contributed by atoms with van der Waals surface area (Å²) >= 11 is 0. The third-order valence-corrected chi connectivity index (χ3v) is 3.57. The first-order chi connectivity index (χ1) is 10.3. The van der Waals surface area contributed by atoms with Crippen molar-refractivity contribution < 1.29 is 4.39 Å². The van der Waals surface area contributed by atoms with Gasteiger partial charge in [-0.3, -0.25) is 0 Å². The first-order valence-corrected chi connectivity index (χ1v) is 6.71. The number of hydrogen-bond donors (Lipinski definition) is 2. The van der Waals surface area contributed by atoms with Crippen LogP contribution < -0.4 is 0 Å². The molecule has 0 spiro atoms. The first kappa shape index (κ1) is 12.0. The zero-order valence-corrected chi connectivity index (χ0v) is 11.2. The van der Waals surface area contributed by atoms with Crippen molar-refractivity contribution in [2.24, 2.45) is 0 Å². The van der Waals surface area contributed by atoms with Gasteiger partial charge in [0.2, 0.25) is 0 Å². The number of nitrogens with one attached hydrogen (secondary N) is 2.